The van der Waals surface area contributed by atoms with Crippen LogP contribution >= 0.6 is 0 Å². The Hall–Kier alpha value is -3.08. The Labute approximate surface area is 175 Å². The average molecular weight is 433 g/mol. The van der Waals surface area contributed by atoms with Crippen molar-refractivity contribution in [2.24, 2.45) is 16.5 Å². The molecule has 1 amide bonds. The van der Waals surface area contributed by atoms with Crippen molar-refractivity contribution in [2.45, 2.75) is 24.3 Å². The van der Waals surface area contributed by atoms with Gasteiger partial charge in [-0.05, 0) is 31.0 Å². The first-order valence-corrected chi connectivity index (χ1v) is 10.4. The second kappa shape index (κ2) is 9.61. The van der Waals surface area contributed by atoms with Crippen LogP contribution in [-0.4, -0.2) is 55.2 Å². The SMILES string of the molecule is Cc1ccc(S(=O)(=O)N(C)CC(=O)N=C(N)c2ccc(C[C@H](N)C(=O)O)cc2)cc1. The molecule has 0 aliphatic carbocycles. The average Bonchev–Trinajstić information content (AvgIpc) is 2.68. The van der Waals surface area contributed by atoms with E-state index in [0.29, 0.717) is 11.1 Å². The number of nitrogens with two attached hydrogens (primary N) is 2. The van der Waals surface area contributed by atoms with Crippen molar-refractivity contribution in [1.29, 1.82) is 0 Å². The Balaban J connectivity index is 2.06. The molecule has 0 aliphatic heterocycles. The minimum Gasteiger partial charge on any atom is -0.480 e. The molecule has 0 radical (unpaired) electrons. The van der Waals surface area contributed by atoms with Gasteiger partial charge < -0.3 is 16.6 Å². The Morgan fingerprint density at radius 3 is 2.20 bits per heavy atom. The molecule has 10 heteroatoms. The molecular formula is C20H24N4O5S. The molecule has 160 valence electrons. The number of carboxylic acids is 1. The van der Waals surface area contributed by atoms with Crippen molar-refractivity contribution in [2.75, 3.05) is 13.6 Å². The van der Waals surface area contributed by atoms with E-state index in [0.717, 1.165) is 9.87 Å². The molecule has 30 heavy (non-hydrogen) atoms. The van der Waals surface area contributed by atoms with Crippen molar-refractivity contribution in [1.82, 2.24) is 4.31 Å². The molecule has 0 saturated carbocycles. The second-order valence-electron chi connectivity index (χ2n) is 6.81. The van der Waals surface area contributed by atoms with Gasteiger partial charge >= 0.3 is 5.97 Å². The van der Waals surface area contributed by atoms with Gasteiger partial charge in [-0.2, -0.15) is 9.30 Å². The van der Waals surface area contributed by atoms with Crippen LogP contribution in [0, 0.1) is 6.92 Å². The Kier molecular flexibility index (Phi) is 7.43. The van der Waals surface area contributed by atoms with E-state index in [9.17, 15) is 18.0 Å². The van der Waals surface area contributed by atoms with Gasteiger partial charge in [-0.1, -0.05) is 42.0 Å². The number of aliphatic carboxylic acids is 1. The fourth-order valence-corrected chi connectivity index (χ4v) is 3.67. The molecule has 2 aromatic carbocycles. The van der Waals surface area contributed by atoms with E-state index >= 15 is 0 Å². The number of nitrogens with zero attached hydrogens (tertiary/aromatic N) is 2. The number of sulfonamides is 1. The van der Waals surface area contributed by atoms with Crippen molar-refractivity contribution >= 4 is 27.7 Å². The van der Waals surface area contributed by atoms with Gasteiger partial charge in [0.05, 0.1) is 11.4 Å². The van der Waals surface area contributed by atoms with Crippen LogP contribution in [0.4, 0.5) is 0 Å². The summed E-state index contributed by atoms with van der Waals surface area (Å²) in [5.41, 5.74) is 13.4. The number of aryl methyl sites for hydroxylation is 1. The summed E-state index contributed by atoms with van der Waals surface area (Å²) in [7, 11) is -2.54. The summed E-state index contributed by atoms with van der Waals surface area (Å²) >= 11 is 0. The Bertz CT molecular complexity index is 1050. The van der Waals surface area contributed by atoms with Gasteiger partial charge in [0.25, 0.3) is 5.91 Å². The zero-order valence-corrected chi connectivity index (χ0v) is 17.5. The maximum Gasteiger partial charge on any atom is 0.320 e. The summed E-state index contributed by atoms with van der Waals surface area (Å²) in [6, 6.07) is 11.7. The van der Waals surface area contributed by atoms with Crippen LogP contribution in [0.3, 0.4) is 0 Å². The predicted octanol–water partition coefficient (Wildman–Crippen LogP) is 0.502. The van der Waals surface area contributed by atoms with Crippen molar-refractivity contribution in [3.8, 4) is 0 Å². The molecule has 5 N–H and O–H groups in total. The highest BCUT2D eigenvalue weighted by molar-refractivity contribution is 7.89. The molecule has 2 rings (SSSR count). The lowest BCUT2D eigenvalue weighted by atomic mass is 10.0. The number of amidine groups is 1. The van der Waals surface area contributed by atoms with Gasteiger partial charge in [0.1, 0.15) is 11.9 Å². The highest BCUT2D eigenvalue weighted by Gasteiger charge is 2.23. The Morgan fingerprint density at radius 2 is 1.67 bits per heavy atom. The van der Waals surface area contributed by atoms with Gasteiger partial charge in [0, 0.05) is 12.6 Å². The van der Waals surface area contributed by atoms with Gasteiger partial charge in [-0.3, -0.25) is 9.59 Å². The summed E-state index contributed by atoms with van der Waals surface area (Å²) in [5.74, 6) is -1.90. The molecule has 0 saturated heterocycles. The van der Waals surface area contributed by atoms with Crippen molar-refractivity contribution in [3.05, 3.63) is 65.2 Å². The molecule has 0 fully saturated rings. The minimum atomic E-state index is -3.83. The number of carbonyl (C=O) groups is 2. The van der Waals surface area contributed by atoms with Gasteiger partial charge in [-0.15, -0.1) is 0 Å². The van der Waals surface area contributed by atoms with E-state index in [1.807, 2.05) is 6.92 Å². The van der Waals surface area contributed by atoms with E-state index in [4.69, 9.17) is 16.6 Å². The number of rotatable bonds is 8. The van der Waals surface area contributed by atoms with Crippen molar-refractivity contribution < 1.29 is 23.1 Å². The van der Waals surface area contributed by atoms with E-state index in [-0.39, 0.29) is 17.2 Å². The summed E-state index contributed by atoms with van der Waals surface area (Å²) in [5, 5.41) is 8.85. The number of benzene rings is 2. The number of hydrogen-bond donors (Lipinski definition) is 3. The van der Waals surface area contributed by atoms with Gasteiger partial charge in [0.15, 0.2) is 0 Å². The summed E-state index contributed by atoms with van der Waals surface area (Å²) in [6.07, 6.45) is 0.146. The third kappa shape index (κ3) is 5.96. The van der Waals surface area contributed by atoms with E-state index in [2.05, 4.69) is 4.99 Å². The molecule has 1 atom stereocenters. The van der Waals surface area contributed by atoms with E-state index in [1.54, 1.807) is 36.4 Å². The molecular weight excluding hydrogens is 408 g/mol. The molecule has 0 spiro atoms. The number of hydrogen-bond acceptors (Lipinski definition) is 5. The first-order valence-electron chi connectivity index (χ1n) is 8.98. The quantitative estimate of drug-likeness (QED) is 0.405. The third-order valence-corrected chi connectivity index (χ3v) is 6.17. The predicted molar refractivity (Wildman–Crippen MR) is 112 cm³/mol. The molecule has 0 aliphatic rings. The fraction of sp³-hybridized carbons (Fsp3) is 0.250. The normalized spacial score (nSPS) is 13.3. The number of aliphatic imine (C=N–C) groups is 1. The Morgan fingerprint density at radius 1 is 1.10 bits per heavy atom. The number of amides is 1. The van der Waals surface area contributed by atoms with Gasteiger partial charge in [0.2, 0.25) is 10.0 Å². The number of likely N-dealkylation sites (N-methyl/N-ethyl adjacent to an activating group) is 1. The van der Waals surface area contributed by atoms with Crippen molar-refractivity contribution in [3.63, 3.8) is 0 Å². The lowest BCUT2D eigenvalue weighted by Crippen LogP contribution is -2.32. The maximum absolute atomic E-state index is 12.6. The second-order valence-corrected chi connectivity index (χ2v) is 8.86. The van der Waals surface area contributed by atoms with Crippen LogP contribution in [0.25, 0.3) is 0 Å². The molecule has 0 unspecified atom stereocenters. The third-order valence-electron chi connectivity index (χ3n) is 4.35. The van der Waals surface area contributed by atoms with Crippen LogP contribution in [0.2, 0.25) is 0 Å². The smallest absolute Gasteiger partial charge is 0.320 e. The zero-order valence-electron chi connectivity index (χ0n) is 16.6. The summed E-state index contributed by atoms with van der Waals surface area (Å²) in [4.78, 5) is 26.9. The maximum atomic E-state index is 12.6. The largest absolute Gasteiger partial charge is 0.480 e. The molecule has 0 aromatic heterocycles. The molecule has 0 bridgehead atoms. The topological polar surface area (TPSA) is 156 Å². The fourth-order valence-electron chi connectivity index (χ4n) is 2.55. The van der Waals surface area contributed by atoms with Crippen LogP contribution < -0.4 is 11.5 Å². The molecule has 0 heterocycles. The standard InChI is InChI=1S/C20H24N4O5S/c1-13-3-9-16(10-4-13)30(28,29)24(2)12-18(25)23-19(22)15-7-5-14(6-8-15)11-17(21)20(26)27/h3-10,17H,11-12,21H2,1-2H3,(H,26,27)(H2,22,23,25)/t17-/m0/s1. The molecule has 9 nitrogen and oxygen atoms in total. The summed E-state index contributed by atoms with van der Waals surface area (Å²) in [6.45, 7) is 1.37. The van der Waals surface area contributed by atoms with Crippen LogP contribution in [-0.2, 0) is 26.0 Å². The van der Waals surface area contributed by atoms with Crippen LogP contribution in [0.15, 0.2) is 58.4 Å². The summed E-state index contributed by atoms with van der Waals surface area (Å²) < 4.78 is 26.0. The lowest BCUT2D eigenvalue weighted by molar-refractivity contribution is -0.138. The highest BCUT2D eigenvalue weighted by atomic mass is 32.2. The number of carbonyl (C=O) groups excluding carboxylic acids is 1. The minimum absolute atomic E-state index is 0.0739. The monoisotopic (exact) mass is 432 g/mol. The lowest BCUT2D eigenvalue weighted by Gasteiger charge is -2.15. The van der Waals surface area contributed by atoms with E-state index < -0.39 is 34.5 Å². The molecule has 2 aromatic rings. The highest BCUT2D eigenvalue weighted by Crippen LogP contribution is 2.15. The van der Waals surface area contributed by atoms with Crippen LogP contribution in [0.5, 0.6) is 0 Å². The first-order chi connectivity index (χ1) is 14.0. The number of carboxylic acid groups (broad SMARTS) is 1. The van der Waals surface area contributed by atoms with E-state index in [1.165, 1.54) is 19.2 Å². The zero-order chi connectivity index (χ0) is 22.5. The first kappa shape index (κ1) is 23.2. The van der Waals surface area contributed by atoms with Gasteiger partial charge in [-0.25, -0.2) is 8.42 Å². The van der Waals surface area contributed by atoms with Crippen LogP contribution in [0.1, 0.15) is 16.7 Å².